The molecular weight excluding hydrogens is 210 g/mol. The molecule has 0 fully saturated rings. The monoisotopic (exact) mass is 227 g/mol. The lowest BCUT2D eigenvalue weighted by atomic mass is 9.94. The van der Waals surface area contributed by atoms with E-state index >= 15 is 0 Å². The summed E-state index contributed by atoms with van der Waals surface area (Å²) in [7, 11) is 0. The van der Waals surface area contributed by atoms with Gasteiger partial charge in [-0.15, -0.1) is 0 Å². The Balaban J connectivity index is 1.72. The molecule has 3 heteroatoms. The number of hydrogen-bond acceptors (Lipinski definition) is 2. The van der Waals surface area contributed by atoms with Crippen LogP contribution in [-0.4, -0.2) is 16.7 Å². The zero-order valence-corrected chi connectivity index (χ0v) is 9.82. The van der Waals surface area contributed by atoms with Crippen molar-refractivity contribution >= 4 is 16.6 Å². The molecule has 1 aromatic heterocycles. The van der Waals surface area contributed by atoms with Crippen LogP contribution in [0.2, 0.25) is 0 Å². The molecule has 0 bridgehead atoms. The fourth-order valence-corrected chi connectivity index (χ4v) is 2.41. The summed E-state index contributed by atoms with van der Waals surface area (Å²) in [5, 5.41) is 11.8. The standard InChI is InChI=1S/C14H17N3/c1-2-5-11(6-3-1)9-15-13-8-4-7-12-10-16-17-14(12)13/h1-2,4,7-8,10-11,15H,3,5-6,9H2,(H,16,17)/t11-/m0/s1. The first-order valence-electron chi connectivity index (χ1n) is 6.24. The summed E-state index contributed by atoms with van der Waals surface area (Å²) in [6.07, 6.45) is 10.2. The molecule has 0 radical (unpaired) electrons. The van der Waals surface area contributed by atoms with Crippen LogP contribution in [0, 0.1) is 5.92 Å². The highest BCUT2D eigenvalue weighted by Gasteiger charge is 2.10. The van der Waals surface area contributed by atoms with Gasteiger partial charge in [-0.1, -0.05) is 24.3 Å². The van der Waals surface area contributed by atoms with E-state index in [-0.39, 0.29) is 0 Å². The van der Waals surface area contributed by atoms with Crippen molar-refractivity contribution in [2.24, 2.45) is 5.92 Å². The van der Waals surface area contributed by atoms with Gasteiger partial charge in [0.1, 0.15) is 0 Å². The SMILES string of the molecule is C1=CC[C@H](CNc2cccc3cn[nH]c23)CC1. The van der Waals surface area contributed by atoms with E-state index in [9.17, 15) is 0 Å². The minimum Gasteiger partial charge on any atom is -0.383 e. The lowest BCUT2D eigenvalue weighted by Gasteiger charge is -2.19. The van der Waals surface area contributed by atoms with E-state index in [1.807, 2.05) is 6.20 Å². The molecule has 0 aliphatic heterocycles. The lowest BCUT2D eigenvalue weighted by Crippen LogP contribution is -2.15. The van der Waals surface area contributed by atoms with Gasteiger partial charge in [-0.25, -0.2) is 0 Å². The average Bonchev–Trinajstić information content (AvgIpc) is 2.86. The average molecular weight is 227 g/mol. The molecule has 0 saturated carbocycles. The van der Waals surface area contributed by atoms with Crippen LogP contribution in [0.15, 0.2) is 36.5 Å². The molecule has 88 valence electrons. The van der Waals surface area contributed by atoms with E-state index < -0.39 is 0 Å². The van der Waals surface area contributed by atoms with Crippen LogP contribution < -0.4 is 5.32 Å². The van der Waals surface area contributed by atoms with Crippen molar-refractivity contribution in [3.8, 4) is 0 Å². The van der Waals surface area contributed by atoms with E-state index in [0.29, 0.717) is 0 Å². The summed E-state index contributed by atoms with van der Waals surface area (Å²) >= 11 is 0. The highest BCUT2D eigenvalue weighted by Crippen LogP contribution is 2.23. The van der Waals surface area contributed by atoms with Gasteiger partial charge in [0.05, 0.1) is 17.4 Å². The highest BCUT2D eigenvalue weighted by atomic mass is 15.1. The maximum atomic E-state index is 4.08. The second kappa shape index (κ2) is 4.62. The number of benzene rings is 1. The summed E-state index contributed by atoms with van der Waals surface area (Å²) in [6, 6.07) is 6.26. The van der Waals surface area contributed by atoms with Crippen molar-refractivity contribution < 1.29 is 0 Å². The Morgan fingerprint density at radius 1 is 1.35 bits per heavy atom. The first-order valence-corrected chi connectivity index (χ1v) is 6.24. The van der Waals surface area contributed by atoms with Crippen molar-refractivity contribution in [1.29, 1.82) is 0 Å². The summed E-state index contributed by atoms with van der Waals surface area (Å²) in [5.41, 5.74) is 2.27. The summed E-state index contributed by atoms with van der Waals surface area (Å²) in [6.45, 7) is 1.04. The molecule has 3 rings (SSSR count). The van der Waals surface area contributed by atoms with E-state index in [1.54, 1.807) is 0 Å². The highest BCUT2D eigenvalue weighted by molar-refractivity contribution is 5.89. The Morgan fingerprint density at radius 2 is 2.35 bits per heavy atom. The second-order valence-electron chi connectivity index (χ2n) is 4.67. The minimum atomic E-state index is 0.762. The second-order valence-corrected chi connectivity index (χ2v) is 4.67. The van der Waals surface area contributed by atoms with Crippen LogP contribution in [0.5, 0.6) is 0 Å². The molecule has 0 spiro atoms. The van der Waals surface area contributed by atoms with Crippen LogP contribution in [-0.2, 0) is 0 Å². The topological polar surface area (TPSA) is 40.7 Å². The largest absolute Gasteiger partial charge is 0.383 e. The smallest absolute Gasteiger partial charge is 0.0881 e. The van der Waals surface area contributed by atoms with Gasteiger partial charge in [-0.2, -0.15) is 5.10 Å². The molecule has 3 nitrogen and oxygen atoms in total. The Morgan fingerprint density at radius 3 is 3.24 bits per heavy atom. The number of nitrogens with zero attached hydrogens (tertiary/aromatic N) is 1. The summed E-state index contributed by atoms with van der Waals surface area (Å²) < 4.78 is 0. The lowest BCUT2D eigenvalue weighted by molar-refractivity contribution is 0.504. The number of allylic oxidation sites excluding steroid dienone is 2. The van der Waals surface area contributed by atoms with Gasteiger partial charge in [0.15, 0.2) is 0 Å². The molecule has 2 aromatic rings. The molecule has 2 N–H and O–H groups in total. The molecule has 1 aliphatic rings. The zero-order valence-electron chi connectivity index (χ0n) is 9.82. The molecule has 1 heterocycles. The van der Waals surface area contributed by atoms with Crippen LogP contribution in [0.25, 0.3) is 10.9 Å². The fourth-order valence-electron chi connectivity index (χ4n) is 2.41. The number of rotatable bonds is 3. The normalized spacial score (nSPS) is 19.6. The predicted octanol–water partition coefficient (Wildman–Crippen LogP) is 3.33. The van der Waals surface area contributed by atoms with Gasteiger partial charge in [-0.05, 0) is 31.2 Å². The number of para-hydroxylation sites is 1. The van der Waals surface area contributed by atoms with E-state index in [2.05, 4.69) is 45.9 Å². The van der Waals surface area contributed by atoms with Gasteiger partial charge in [0.2, 0.25) is 0 Å². The first kappa shape index (κ1) is 10.4. The summed E-state index contributed by atoms with van der Waals surface area (Å²) in [5.74, 6) is 0.762. The molecule has 0 unspecified atom stereocenters. The molecule has 0 amide bonds. The van der Waals surface area contributed by atoms with Crippen LogP contribution >= 0.6 is 0 Å². The number of H-pyrrole nitrogens is 1. The molecular formula is C14H17N3. The Labute approximate surface area is 101 Å². The number of anilines is 1. The number of aromatic amines is 1. The van der Waals surface area contributed by atoms with Crippen LogP contribution in [0.4, 0.5) is 5.69 Å². The van der Waals surface area contributed by atoms with Crippen molar-refractivity contribution in [1.82, 2.24) is 10.2 Å². The third-order valence-corrected chi connectivity index (χ3v) is 3.44. The molecule has 1 atom stereocenters. The van der Waals surface area contributed by atoms with E-state index in [4.69, 9.17) is 0 Å². The van der Waals surface area contributed by atoms with Crippen LogP contribution in [0.1, 0.15) is 19.3 Å². The number of nitrogens with one attached hydrogen (secondary N) is 2. The minimum absolute atomic E-state index is 0.762. The van der Waals surface area contributed by atoms with Crippen LogP contribution in [0.3, 0.4) is 0 Å². The first-order chi connectivity index (χ1) is 8.43. The molecule has 0 saturated heterocycles. The summed E-state index contributed by atoms with van der Waals surface area (Å²) in [4.78, 5) is 0. The van der Waals surface area contributed by atoms with Gasteiger partial charge in [0, 0.05) is 11.9 Å². The number of hydrogen-bond donors (Lipinski definition) is 2. The van der Waals surface area contributed by atoms with Gasteiger partial charge >= 0.3 is 0 Å². The Bertz CT molecular complexity index is 527. The Kier molecular flexibility index (Phi) is 2.82. The third-order valence-electron chi connectivity index (χ3n) is 3.44. The van der Waals surface area contributed by atoms with E-state index in [0.717, 1.165) is 23.7 Å². The third kappa shape index (κ3) is 2.18. The zero-order chi connectivity index (χ0) is 11.5. The predicted molar refractivity (Wildman–Crippen MR) is 71.1 cm³/mol. The maximum Gasteiger partial charge on any atom is 0.0881 e. The van der Waals surface area contributed by atoms with Crippen molar-refractivity contribution in [3.05, 3.63) is 36.5 Å². The van der Waals surface area contributed by atoms with Crippen molar-refractivity contribution in [2.45, 2.75) is 19.3 Å². The number of aromatic nitrogens is 2. The quantitative estimate of drug-likeness (QED) is 0.790. The fraction of sp³-hybridized carbons (Fsp3) is 0.357. The van der Waals surface area contributed by atoms with E-state index in [1.165, 1.54) is 24.6 Å². The molecule has 1 aromatic carbocycles. The Hall–Kier alpha value is -1.77. The maximum absolute atomic E-state index is 4.08. The van der Waals surface area contributed by atoms with Gasteiger partial charge in [0.25, 0.3) is 0 Å². The molecule has 17 heavy (non-hydrogen) atoms. The van der Waals surface area contributed by atoms with Crippen molar-refractivity contribution in [3.63, 3.8) is 0 Å². The molecule has 1 aliphatic carbocycles. The van der Waals surface area contributed by atoms with Gasteiger partial charge < -0.3 is 5.32 Å². The van der Waals surface area contributed by atoms with Gasteiger partial charge in [-0.3, -0.25) is 5.10 Å². The van der Waals surface area contributed by atoms with Crippen molar-refractivity contribution in [2.75, 3.05) is 11.9 Å². The number of fused-ring (bicyclic) bond motifs is 1.